The minimum atomic E-state index is -0.468. The van der Waals surface area contributed by atoms with Gasteiger partial charge in [0.05, 0.1) is 0 Å². The maximum Gasteiger partial charge on any atom is 0.223 e. The monoisotopic (exact) mass is 296 g/mol. The van der Waals surface area contributed by atoms with Crippen LogP contribution in [0.1, 0.15) is 31.7 Å². The Hall–Kier alpha value is -1.49. The molecule has 0 spiro atoms. The van der Waals surface area contributed by atoms with Crippen LogP contribution in [0.3, 0.4) is 0 Å². The molecule has 5 heteroatoms. The molecule has 1 aromatic rings. The lowest BCUT2D eigenvalue weighted by Gasteiger charge is -2.28. The standard InChI is InChI=1S/C16H22F2N2O/c1-2-9-20(14-7-8-19-11-14)16(21)6-3-12-10-13(17)4-5-15(12)18/h4-5,10,14,19H,2-3,6-9,11H2,1H3. The van der Waals surface area contributed by atoms with Gasteiger partial charge in [-0.3, -0.25) is 4.79 Å². The van der Waals surface area contributed by atoms with E-state index >= 15 is 0 Å². The number of benzene rings is 1. The van der Waals surface area contributed by atoms with Crippen LogP contribution in [0.25, 0.3) is 0 Å². The first-order chi connectivity index (χ1) is 10.1. The summed E-state index contributed by atoms with van der Waals surface area (Å²) in [5, 5.41) is 3.25. The van der Waals surface area contributed by atoms with E-state index in [1.165, 1.54) is 6.07 Å². The summed E-state index contributed by atoms with van der Waals surface area (Å²) in [6.45, 7) is 4.50. The Bertz CT molecular complexity index is 487. The molecule has 1 fully saturated rings. The summed E-state index contributed by atoms with van der Waals surface area (Å²) in [5.74, 6) is -0.896. The predicted octanol–water partition coefficient (Wildman–Crippen LogP) is 2.50. The molecule has 21 heavy (non-hydrogen) atoms. The first kappa shape index (κ1) is 15.9. The van der Waals surface area contributed by atoms with Gasteiger partial charge in [0.2, 0.25) is 5.91 Å². The van der Waals surface area contributed by atoms with E-state index in [4.69, 9.17) is 0 Å². The Balaban J connectivity index is 1.96. The molecular formula is C16H22F2N2O. The number of hydrogen-bond acceptors (Lipinski definition) is 2. The molecule has 116 valence electrons. The second-order valence-corrected chi connectivity index (χ2v) is 5.47. The number of amides is 1. The molecule has 0 saturated carbocycles. The lowest BCUT2D eigenvalue weighted by Crippen LogP contribution is -2.42. The molecule has 1 aromatic carbocycles. The molecule has 0 radical (unpaired) electrons. The average Bonchev–Trinajstić information content (AvgIpc) is 2.99. The van der Waals surface area contributed by atoms with Gasteiger partial charge in [-0.1, -0.05) is 6.92 Å². The van der Waals surface area contributed by atoms with E-state index in [1.54, 1.807) is 0 Å². The smallest absolute Gasteiger partial charge is 0.223 e. The van der Waals surface area contributed by atoms with E-state index < -0.39 is 11.6 Å². The molecule has 1 amide bonds. The van der Waals surface area contributed by atoms with E-state index in [9.17, 15) is 13.6 Å². The van der Waals surface area contributed by atoms with Crippen LogP contribution in [-0.4, -0.2) is 36.5 Å². The van der Waals surface area contributed by atoms with Crippen molar-refractivity contribution in [1.29, 1.82) is 0 Å². The normalized spacial score (nSPS) is 18.0. The minimum Gasteiger partial charge on any atom is -0.338 e. The number of carbonyl (C=O) groups is 1. The summed E-state index contributed by atoms with van der Waals surface area (Å²) in [6, 6.07) is 3.60. The van der Waals surface area contributed by atoms with Gasteiger partial charge in [-0.15, -0.1) is 0 Å². The van der Waals surface area contributed by atoms with Gasteiger partial charge in [-0.2, -0.15) is 0 Å². The van der Waals surface area contributed by atoms with E-state index in [-0.39, 0.29) is 30.4 Å². The Morgan fingerprint density at radius 2 is 2.24 bits per heavy atom. The highest BCUT2D eigenvalue weighted by atomic mass is 19.1. The Kier molecular flexibility index (Phi) is 5.67. The van der Waals surface area contributed by atoms with Crippen molar-refractivity contribution in [3.05, 3.63) is 35.4 Å². The van der Waals surface area contributed by atoms with E-state index in [0.29, 0.717) is 0 Å². The third-order valence-corrected chi connectivity index (χ3v) is 3.88. The Morgan fingerprint density at radius 1 is 1.43 bits per heavy atom. The minimum absolute atomic E-state index is 0.0224. The molecule has 1 saturated heterocycles. The van der Waals surface area contributed by atoms with E-state index in [2.05, 4.69) is 5.32 Å². The van der Waals surface area contributed by atoms with Gasteiger partial charge in [0.25, 0.3) is 0 Å². The Morgan fingerprint density at radius 3 is 2.90 bits per heavy atom. The van der Waals surface area contributed by atoms with Gasteiger partial charge < -0.3 is 10.2 Å². The number of carbonyl (C=O) groups excluding carboxylic acids is 1. The van der Waals surface area contributed by atoms with Crippen molar-refractivity contribution in [3.8, 4) is 0 Å². The van der Waals surface area contributed by atoms with Gasteiger partial charge in [-0.05, 0) is 49.6 Å². The fourth-order valence-electron chi connectivity index (χ4n) is 2.78. The van der Waals surface area contributed by atoms with Crippen LogP contribution < -0.4 is 5.32 Å². The van der Waals surface area contributed by atoms with Crippen LogP contribution in [0.5, 0.6) is 0 Å². The highest BCUT2D eigenvalue weighted by molar-refractivity contribution is 5.77. The van der Waals surface area contributed by atoms with Gasteiger partial charge in [0.1, 0.15) is 11.6 Å². The number of nitrogens with one attached hydrogen (secondary N) is 1. The number of aryl methyl sites for hydroxylation is 1. The third-order valence-electron chi connectivity index (χ3n) is 3.88. The zero-order valence-electron chi connectivity index (χ0n) is 12.4. The SMILES string of the molecule is CCCN(C(=O)CCc1cc(F)ccc1F)C1CCNC1. The van der Waals surface area contributed by atoms with Crippen molar-refractivity contribution < 1.29 is 13.6 Å². The molecule has 1 N–H and O–H groups in total. The summed E-state index contributed by atoms with van der Waals surface area (Å²) in [6.07, 6.45) is 2.32. The van der Waals surface area contributed by atoms with Crippen molar-refractivity contribution in [2.45, 2.75) is 38.6 Å². The molecule has 2 rings (SSSR count). The topological polar surface area (TPSA) is 32.3 Å². The van der Waals surface area contributed by atoms with Gasteiger partial charge in [-0.25, -0.2) is 8.78 Å². The predicted molar refractivity (Wildman–Crippen MR) is 78.0 cm³/mol. The second kappa shape index (κ2) is 7.50. The largest absolute Gasteiger partial charge is 0.338 e. The molecule has 1 aliphatic rings. The Labute approximate surface area is 124 Å². The van der Waals surface area contributed by atoms with Crippen LogP contribution in [0.15, 0.2) is 18.2 Å². The average molecular weight is 296 g/mol. The van der Waals surface area contributed by atoms with Crippen LogP contribution in [-0.2, 0) is 11.2 Å². The molecule has 3 nitrogen and oxygen atoms in total. The molecule has 1 atom stereocenters. The zero-order valence-corrected chi connectivity index (χ0v) is 12.4. The van der Waals surface area contributed by atoms with Gasteiger partial charge in [0.15, 0.2) is 0 Å². The second-order valence-electron chi connectivity index (χ2n) is 5.47. The van der Waals surface area contributed by atoms with Gasteiger partial charge in [0, 0.05) is 25.6 Å². The molecule has 0 bridgehead atoms. The number of rotatable bonds is 6. The van der Waals surface area contributed by atoms with Crippen molar-refractivity contribution in [1.82, 2.24) is 10.2 Å². The molecular weight excluding hydrogens is 274 g/mol. The zero-order chi connectivity index (χ0) is 15.2. The lowest BCUT2D eigenvalue weighted by molar-refractivity contribution is -0.133. The van der Waals surface area contributed by atoms with Crippen LogP contribution in [0.4, 0.5) is 8.78 Å². The summed E-state index contributed by atoms with van der Waals surface area (Å²) >= 11 is 0. The summed E-state index contributed by atoms with van der Waals surface area (Å²) in [5.41, 5.74) is 0.268. The van der Waals surface area contributed by atoms with E-state index in [1.807, 2.05) is 11.8 Å². The molecule has 1 unspecified atom stereocenters. The van der Waals surface area contributed by atoms with Crippen LogP contribution in [0, 0.1) is 11.6 Å². The molecule has 1 heterocycles. The van der Waals surface area contributed by atoms with Gasteiger partial charge >= 0.3 is 0 Å². The van der Waals surface area contributed by atoms with Crippen molar-refractivity contribution >= 4 is 5.91 Å². The quantitative estimate of drug-likeness (QED) is 0.875. The highest BCUT2D eigenvalue weighted by Crippen LogP contribution is 2.15. The maximum atomic E-state index is 13.6. The maximum absolute atomic E-state index is 13.6. The van der Waals surface area contributed by atoms with Crippen LogP contribution >= 0.6 is 0 Å². The fourth-order valence-corrected chi connectivity index (χ4v) is 2.78. The lowest BCUT2D eigenvalue weighted by atomic mass is 10.1. The first-order valence-corrected chi connectivity index (χ1v) is 7.56. The first-order valence-electron chi connectivity index (χ1n) is 7.56. The molecule has 0 aromatic heterocycles. The van der Waals surface area contributed by atoms with Crippen molar-refractivity contribution in [3.63, 3.8) is 0 Å². The van der Waals surface area contributed by atoms with Crippen LogP contribution in [0.2, 0.25) is 0 Å². The van der Waals surface area contributed by atoms with Crippen molar-refractivity contribution in [2.24, 2.45) is 0 Å². The summed E-state index contributed by atoms with van der Waals surface area (Å²) in [4.78, 5) is 14.3. The third kappa shape index (κ3) is 4.24. The number of nitrogens with zero attached hydrogens (tertiary/aromatic N) is 1. The number of hydrogen-bond donors (Lipinski definition) is 1. The summed E-state index contributed by atoms with van der Waals surface area (Å²) < 4.78 is 26.7. The fraction of sp³-hybridized carbons (Fsp3) is 0.562. The van der Waals surface area contributed by atoms with E-state index in [0.717, 1.165) is 44.6 Å². The van der Waals surface area contributed by atoms with Crippen molar-refractivity contribution in [2.75, 3.05) is 19.6 Å². The summed E-state index contributed by atoms with van der Waals surface area (Å²) in [7, 11) is 0. The number of halogens is 2. The molecule has 1 aliphatic heterocycles. The molecule has 0 aliphatic carbocycles. The highest BCUT2D eigenvalue weighted by Gasteiger charge is 2.25.